The Morgan fingerprint density at radius 2 is 1.84 bits per heavy atom. The smallest absolute Gasteiger partial charge is 0.414 e. The first kappa shape index (κ1) is 17.9. The first-order valence-corrected chi connectivity index (χ1v) is 8.47. The zero-order chi connectivity index (χ0) is 17.8. The van der Waals surface area contributed by atoms with E-state index in [1.807, 2.05) is 0 Å². The third kappa shape index (κ3) is 4.18. The van der Waals surface area contributed by atoms with E-state index in [0.29, 0.717) is 28.9 Å². The van der Waals surface area contributed by atoms with Gasteiger partial charge in [0.15, 0.2) is 0 Å². The van der Waals surface area contributed by atoms with E-state index in [0.717, 1.165) is 11.3 Å². The highest BCUT2D eigenvalue weighted by Crippen LogP contribution is 2.28. The van der Waals surface area contributed by atoms with Crippen LogP contribution in [0.3, 0.4) is 0 Å². The molecule has 132 valence electrons. The lowest BCUT2D eigenvalue weighted by Gasteiger charge is -2.14. The molecule has 1 amide bonds. The van der Waals surface area contributed by atoms with Crippen molar-refractivity contribution in [2.45, 2.75) is 12.7 Å². The number of rotatable bonds is 6. The SMILES string of the molecule is COCC1CN(c2ccc(OCc3c(Cl)cccc3Cl)cc2)C(=O)O1. The molecule has 5 nitrogen and oxygen atoms in total. The topological polar surface area (TPSA) is 48.0 Å². The van der Waals surface area contributed by atoms with Gasteiger partial charge in [0.25, 0.3) is 0 Å². The Morgan fingerprint density at radius 3 is 2.48 bits per heavy atom. The van der Waals surface area contributed by atoms with Gasteiger partial charge in [0, 0.05) is 28.4 Å². The molecule has 0 radical (unpaired) electrons. The lowest BCUT2D eigenvalue weighted by Crippen LogP contribution is -2.25. The van der Waals surface area contributed by atoms with E-state index < -0.39 is 0 Å². The number of halogens is 2. The van der Waals surface area contributed by atoms with Crippen LogP contribution in [-0.4, -0.2) is 32.5 Å². The highest BCUT2D eigenvalue weighted by Gasteiger charge is 2.32. The molecule has 0 aliphatic carbocycles. The fourth-order valence-electron chi connectivity index (χ4n) is 2.55. The second kappa shape index (κ2) is 7.95. The van der Waals surface area contributed by atoms with Gasteiger partial charge in [0.05, 0.1) is 13.2 Å². The Hall–Kier alpha value is -1.95. The number of carbonyl (C=O) groups excluding carboxylic acids is 1. The number of benzene rings is 2. The summed E-state index contributed by atoms with van der Waals surface area (Å²) < 4.78 is 16.0. The fraction of sp³-hybridized carbons (Fsp3) is 0.278. The molecule has 1 aliphatic rings. The Kier molecular flexibility index (Phi) is 5.68. The third-order valence-corrected chi connectivity index (χ3v) is 4.53. The number of hydrogen-bond acceptors (Lipinski definition) is 4. The van der Waals surface area contributed by atoms with Gasteiger partial charge in [0.2, 0.25) is 0 Å². The predicted octanol–water partition coefficient (Wildman–Crippen LogP) is 4.54. The van der Waals surface area contributed by atoms with E-state index in [2.05, 4.69) is 0 Å². The summed E-state index contributed by atoms with van der Waals surface area (Å²) in [7, 11) is 1.58. The molecule has 1 saturated heterocycles. The Bertz CT molecular complexity index is 731. The summed E-state index contributed by atoms with van der Waals surface area (Å²) in [5.41, 5.74) is 1.48. The minimum Gasteiger partial charge on any atom is -0.489 e. The Morgan fingerprint density at radius 1 is 1.16 bits per heavy atom. The highest BCUT2D eigenvalue weighted by atomic mass is 35.5. The Balaban J connectivity index is 1.64. The van der Waals surface area contributed by atoms with Gasteiger partial charge in [-0.1, -0.05) is 29.3 Å². The molecular weight excluding hydrogens is 365 g/mol. The van der Waals surface area contributed by atoms with E-state index in [4.69, 9.17) is 37.4 Å². The first-order chi connectivity index (χ1) is 12.1. The van der Waals surface area contributed by atoms with Crippen LogP contribution in [0.15, 0.2) is 42.5 Å². The fourth-order valence-corrected chi connectivity index (χ4v) is 3.06. The van der Waals surface area contributed by atoms with Gasteiger partial charge in [-0.2, -0.15) is 0 Å². The molecule has 1 aliphatic heterocycles. The van der Waals surface area contributed by atoms with Gasteiger partial charge in [-0.05, 0) is 36.4 Å². The van der Waals surface area contributed by atoms with E-state index in [-0.39, 0.29) is 18.8 Å². The van der Waals surface area contributed by atoms with Crippen LogP contribution >= 0.6 is 23.2 Å². The van der Waals surface area contributed by atoms with E-state index >= 15 is 0 Å². The number of ether oxygens (including phenoxy) is 3. The van der Waals surface area contributed by atoms with E-state index in [1.54, 1.807) is 54.5 Å². The zero-order valence-electron chi connectivity index (χ0n) is 13.6. The summed E-state index contributed by atoms with van der Waals surface area (Å²) in [5.74, 6) is 0.653. The monoisotopic (exact) mass is 381 g/mol. The van der Waals surface area contributed by atoms with E-state index in [1.165, 1.54) is 0 Å². The Labute approximate surface area is 156 Å². The van der Waals surface area contributed by atoms with Crippen molar-refractivity contribution in [3.8, 4) is 5.75 Å². The summed E-state index contributed by atoms with van der Waals surface area (Å²) in [6.07, 6.45) is -0.630. The minimum absolute atomic E-state index is 0.254. The number of methoxy groups -OCH3 is 1. The molecule has 25 heavy (non-hydrogen) atoms. The van der Waals surface area contributed by atoms with Crippen molar-refractivity contribution in [3.05, 3.63) is 58.1 Å². The normalized spacial score (nSPS) is 16.8. The van der Waals surface area contributed by atoms with Gasteiger partial charge in [-0.25, -0.2) is 4.79 Å². The number of nitrogens with zero attached hydrogens (tertiary/aromatic N) is 1. The molecule has 0 bridgehead atoms. The molecule has 0 N–H and O–H groups in total. The van der Waals surface area contributed by atoms with Gasteiger partial charge >= 0.3 is 6.09 Å². The summed E-state index contributed by atoms with van der Waals surface area (Å²) in [6.45, 7) is 1.10. The van der Waals surface area contributed by atoms with Crippen LogP contribution in [-0.2, 0) is 16.1 Å². The molecule has 2 aromatic rings. The molecular formula is C18H17Cl2NO4. The molecule has 1 atom stereocenters. The molecule has 0 spiro atoms. The number of hydrogen-bond donors (Lipinski definition) is 0. The molecule has 1 heterocycles. The standard InChI is InChI=1S/C18H17Cl2NO4/c1-23-10-14-9-21(18(22)25-14)12-5-7-13(8-6-12)24-11-15-16(19)3-2-4-17(15)20/h2-8,14H,9-11H2,1H3. The summed E-state index contributed by atoms with van der Waals surface area (Å²) in [6, 6.07) is 12.5. The minimum atomic E-state index is -0.376. The van der Waals surface area contributed by atoms with Crippen molar-refractivity contribution in [2.75, 3.05) is 25.2 Å². The van der Waals surface area contributed by atoms with Crippen molar-refractivity contribution in [3.63, 3.8) is 0 Å². The number of amides is 1. The molecule has 3 rings (SSSR count). The number of cyclic esters (lactones) is 1. The summed E-state index contributed by atoms with van der Waals surface area (Å²) in [5, 5.41) is 1.13. The lowest BCUT2D eigenvalue weighted by atomic mass is 10.2. The van der Waals surface area contributed by atoms with Gasteiger partial charge in [0.1, 0.15) is 18.5 Å². The van der Waals surface area contributed by atoms with Gasteiger partial charge < -0.3 is 14.2 Å². The maximum absolute atomic E-state index is 11.9. The largest absolute Gasteiger partial charge is 0.489 e. The van der Waals surface area contributed by atoms with E-state index in [9.17, 15) is 4.79 Å². The van der Waals surface area contributed by atoms with Gasteiger partial charge in [-0.15, -0.1) is 0 Å². The molecule has 0 aromatic heterocycles. The molecule has 0 saturated carbocycles. The maximum atomic E-state index is 11.9. The number of carbonyl (C=O) groups is 1. The average molecular weight is 382 g/mol. The van der Waals surface area contributed by atoms with Crippen molar-refractivity contribution >= 4 is 35.0 Å². The van der Waals surface area contributed by atoms with Crippen LogP contribution in [0.5, 0.6) is 5.75 Å². The predicted molar refractivity (Wildman–Crippen MR) is 96.7 cm³/mol. The van der Waals surface area contributed by atoms with Gasteiger partial charge in [-0.3, -0.25) is 4.90 Å². The second-order valence-corrected chi connectivity index (χ2v) is 6.37. The average Bonchev–Trinajstić information content (AvgIpc) is 2.96. The molecule has 1 unspecified atom stereocenters. The summed E-state index contributed by atoms with van der Waals surface area (Å²) in [4.78, 5) is 13.5. The molecule has 2 aromatic carbocycles. The third-order valence-electron chi connectivity index (χ3n) is 3.82. The second-order valence-electron chi connectivity index (χ2n) is 5.55. The quantitative estimate of drug-likeness (QED) is 0.736. The van der Waals surface area contributed by atoms with Crippen LogP contribution in [0.4, 0.5) is 10.5 Å². The van der Waals surface area contributed by atoms with Crippen LogP contribution in [0.1, 0.15) is 5.56 Å². The highest BCUT2D eigenvalue weighted by molar-refractivity contribution is 6.35. The van der Waals surface area contributed by atoms with Crippen LogP contribution < -0.4 is 9.64 Å². The maximum Gasteiger partial charge on any atom is 0.414 e. The first-order valence-electron chi connectivity index (χ1n) is 7.71. The van der Waals surface area contributed by atoms with Crippen LogP contribution in [0, 0.1) is 0 Å². The lowest BCUT2D eigenvalue weighted by molar-refractivity contribution is 0.0718. The van der Waals surface area contributed by atoms with Crippen molar-refractivity contribution in [2.24, 2.45) is 0 Å². The summed E-state index contributed by atoms with van der Waals surface area (Å²) >= 11 is 12.3. The van der Waals surface area contributed by atoms with Crippen LogP contribution in [0.25, 0.3) is 0 Å². The van der Waals surface area contributed by atoms with Crippen molar-refractivity contribution < 1.29 is 19.0 Å². The molecule has 1 fully saturated rings. The molecule has 7 heteroatoms. The number of anilines is 1. The van der Waals surface area contributed by atoms with Crippen molar-refractivity contribution in [1.82, 2.24) is 0 Å². The zero-order valence-corrected chi connectivity index (χ0v) is 15.1. The van der Waals surface area contributed by atoms with Crippen molar-refractivity contribution in [1.29, 1.82) is 0 Å². The van der Waals surface area contributed by atoms with Crippen LogP contribution in [0.2, 0.25) is 10.0 Å².